The minimum absolute atomic E-state index is 0.00743. The summed E-state index contributed by atoms with van der Waals surface area (Å²) in [4.78, 5) is 38.5. The molecule has 0 fully saturated rings. The van der Waals surface area contributed by atoms with Gasteiger partial charge in [-0.05, 0) is 29.2 Å². The molecule has 1 aliphatic carbocycles. The summed E-state index contributed by atoms with van der Waals surface area (Å²) in [6.07, 6.45) is 0.695. The van der Waals surface area contributed by atoms with Gasteiger partial charge in [0.1, 0.15) is 25.0 Å². The SMILES string of the molecule is CC(NC(=O)OCC1c2ccccc2-c2ccccc21)C(=O)N1Cc2nncn2CC1C(=O)O. The standard InChI is InChI=1S/C24H23N5O5/c1-14(22(30)29-11-21-27-25-13-28(21)10-20(29)23(31)32)26-24(33)34-12-19-17-8-4-2-6-15(17)16-7-3-5-9-18(16)19/h2-9,13-14,19-20H,10-12H2,1H3,(H,26,33)(H,31,32). The zero-order valence-corrected chi connectivity index (χ0v) is 18.4. The quantitative estimate of drug-likeness (QED) is 0.595. The third kappa shape index (κ3) is 3.76. The van der Waals surface area contributed by atoms with Crippen LogP contribution in [0.15, 0.2) is 54.9 Å². The maximum atomic E-state index is 13.0. The number of rotatable bonds is 5. The molecule has 0 saturated heterocycles. The van der Waals surface area contributed by atoms with Crippen LogP contribution in [0.4, 0.5) is 4.79 Å². The van der Waals surface area contributed by atoms with Crippen molar-refractivity contribution in [3.05, 3.63) is 71.8 Å². The van der Waals surface area contributed by atoms with Gasteiger partial charge in [-0.1, -0.05) is 48.5 Å². The van der Waals surface area contributed by atoms with Gasteiger partial charge in [-0.3, -0.25) is 4.79 Å². The van der Waals surface area contributed by atoms with E-state index in [1.165, 1.54) is 18.2 Å². The van der Waals surface area contributed by atoms with Gasteiger partial charge in [0, 0.05) is 5.92 Å². The van der Waals surface area contributed by atoms with Crippen molar-refractivity contribution in [2.45, 2.75) is 38.0 Å². The first-order chi connectivity index (χ1) is 16.4. The molecule has 3 aromatic rings. The van der Waals surface area contributed by atoms with E-state index in [2.05, 4.69) is 15.5 Å². The fraction of sp³-hybridized carbons (Fsp3) is 0.292. The fourth-order valence-electron chi connectivity index (χ4n) is 4.67. The number of benzene rings is 2. The van der Waals surface area contributed by atoms with E-state index in [0.29, 0.717) is 5.82 Å². The first-order valence-corrected chi connectivity index (χ1v) is 11.0. The van der Waals surface area contributed by atoms with Crippen LogP contribution in [0.2, 0.25) is 0 Å². The Kier molecular flexibility index (Phi) is 5.48. The van der Waals surface area contributed by atoms with Gasteiger partial charge in [0.25, 0.3) is 0 Å². The Balaban J connectivity index is 1.24. The lowest BCUT2D eigenvalue weighted by Gasteiger charge is -2.34. The summed E-state index contributed by atoms with van der Waals surface area (Å²) in [7, 11) is 0. The van der Waals surface area contributed by atoms with E-state index >= 15 is 0 Å². The number of hydrogen-bond acceptors (Lipinski definition) is 6. The molecule has 2 aromatic carbocycles. The molecule has 0 spiro atoms. The van der Waals surface area contributed by atoms with E-state index in [0.717, 1.165) is 22.3 Å². The first kappa shape index (κ1) is 21.6. The van der Waals surface area contributed by atoms with Crippen LogP contribution in [0.25, 0.3) is 11.1 Å². The second-order valence-corrected chi connectivity index (χ2v) is 8.41. The number of carbonyl (C=O) groups excluding carboxylic acids is 2. The number of carboxylic acids is 1. The number of hydrogen-bond donors (Lipinski definition) is 2. The molecule has 1 aromatic heterocycles. The summed E-state index contributed by atoms with van der Waals surface area (Å²) < 4.78 is 7.11. The molecule has 2 unspecified atom stereocenters. The Labute approximate surface area is 195 Å². The number of carboxylic acid groups (broad SMARTS) is 1. The second kappa shape index (κ2) is 8.62. The van der Waals surface area contributed by atoms with Gasteiger partial charge in [0.2, 0.25) is 5.91 Å². The predicted molar refractivity (Wildman–Crippen MR) is 120 cm³/mol. The highest BCUT2D eigenvalue weighted by molar-refractivity contribution is 5.89. The lowest BCUT2D eigenvalue weighted by molar-refractivity contribution is -0.153. The molecule has 2 atom stereocenters. The van der Waals surface area contributed by atoms with Crippen LogP contribution >= 0.6 is 0 Å². The highest BCUT2D eigenvalue weighted by Gasteiger charge is 2.38. The van der Waals surface area contributed by atoms with Crippen molar-refractivity contribution in [3.63, 3.8) is 0 Å². The predicted octanol–water partition coefficient (Wildman–Crippen LogP) is 2.00. The van der Waals surface area contributed by atoms with Crippen LogP contribution in [0.3, 0.4) is 0 Å². The zero-order valence-electron chi connectivity index (χ0n) is 18.4. The van der Waals surface area contributed by atoms with Crippen LogP contribution in [-0.4, -0.2) is 61.4 Å². The van der Waals surface area contributed by atoms with Gasteiger partial charge in [0.15, 0.2) is 5.82 Å². The minimum Gasteiger partial charge on any atom is -0.480 e. The molecule has 2 amide bonds. The number of carbonyl (C=O) groups is 3. The van der Waals surface area contributed by atoms with E-state index in [-0.39, 0.29) is 25.6 Å². The third-order valence-electron chi connectivity index (χ3n) is 6.37. The number of alkyl carbamates (subject to hydrolysis) is 1. The molecule has 1 aliphatic heterocycles. The van der Waals surface area contributed by atoms with Gasteiger partial charge >= 0.3 is 12.1 Å². The average Bonchev–Trinajstić information content (AvgIpc) is 3.43. The van der Waals surface area contributed by atoms with Crippen LogP contribution < -0.4 is 5.32 Å². The molecule has 34 heavy (non-hydrogen) atoms. The summed E-state index contributed by atoms with van der Waals surface area (Å²) >= 11 is 0. The molecule has 2 aliphatic rings. The summed E-state index contributed by atoms with van der Waals surface area (Å²) in [5.74, 6) is -1.29. The highest BCUT2D eigenvalue weighted by Crippen LogP contribution is 2.44. The molecular weight excluding hydrogens is 438 g/mol. The van der Waals surface area contributed by atoms with Crippen molar-refractivity contribution in [1.82, 2.24) is 25.0 Å². The number of nitrogens with zero attached hydrogens (tertiary/aromatic N) is 4. The van der Waals surface area contributed by atoms with Crippen LogP contribution in [0.5, 0.6) is 0 Å². The number of amides is 2. The maximum absolute atomic E-state index is 13.0. The summed E-state index contributed by atoms with van der Waals surface area (Å²) in [6.45, 7) is 1.65. The number of fused-ring (bicyclic) bond motifs is 4. The van der Waals surface area contributed by atoms with Crippen molar-refractivity contribution < 1.29 is 24.2 Å². The smallest absolute Gasteiger partial charge is 0.407 e. The van der Waals surface area contributed by atoms with Crippen molar-refractivity contribution >= 4 is 18.0 Å². The fourth-order valence-corrected chi connectivity index (χ4v) is 4.67. The Morgan fingerprint density at radius 2 is 1.76 bits per heavy atom. The van der Waals surface area contributed by atoms with E-state index in [4.69, 9.17) is 4.74 Å². The molecular formula is C24H23N5O5. The third-order valence-corrected chi connectivity index (χ3v) is 6.37. The number of nitrogens with one attached hydrogen (secondary N) is 1. The van der Waals surface area contributed by atoms with Crippen LogP contribution in [-0.2, 0) is 27.4 Å². The Bertz CT molecular complexity index is 1230. The molecule has 174 valence electrons. The van der Waals surface area contributed by atoms with Gasteiger partial charge in [-0.25, -0.2) is 9.59 Å². The summed E-state index contributed by atoms with van der Waals surface area (Å²) in [5, 5.41) is 19.8. The normalized spacial score (nSPS) is 17.3. The lowest BCUT2D eigenvalue weighted by atomic mass is 9.98. The Morgan fingerprint density at radius 1 is 1.12 bits per heavy atom. The summed E-state index contributed by atoms with van der Waals surface area (Å²) in [5.41, 5.74) is 4.41. The average molecular weight is 461 g/mol. The largest absolute Gasteiger partial charge is 0.480 e. The molecule has 0 saturated carbocycles. The number of ether oxygens (including phenoxy) is 1. The zero-order chi connectivity index (χ0) is 23.8. The Hall–Kier alpha value is -4.21. The monoisotopic (exact) mass is 461 g/mol. The molecule has 0 bridgehead atoms. The topological polar surface area (TPSA) is 127 Å². The van der Waals surface area contributed by atoms with Gasteiger partial charge < -0.3 is 24.6 Å². The van der Waals surface area contributed by atoms with Gasteiger partial charge in [-0.15, -0.1) is 10.2 Å². The minimum atomic E-state index is -1.14. The van der Waals surface area contributed by atoms with Gasteiger partial charge in [-0.2, -0.15) is 0 Å². The molecule has 0 radical (unpaired) electrons. The molecule has 5 rings (SSSR count). The molecule has 10 heteroatoms. The van der Waals surface area contributed by atoms with E-state index in [1.54, 1.807) is 4.57 Å². The van der Waals surface area contributed by atoms with E-state index in [1.807, 2.05) is 48.5 Å². The second-order valence-electron chi connectivity index (χ2n) is 8.41. The van der Waals surface area contributed by atoms with Crippen LogP contribution in [0, 0.1) is 0 Å². The van der Waals surface area contributed by atoms with Gasteiger partial charge in [0.05, 0.1) is 13.1 Å². The van der Waals surface area contributed by atoms with Crippen molar-refractivity contribution in [3.8, 4) is 11.1 Å². The first-order valence-electron chi connectivity index (χ1n) is 11.0. The van der Waals surface area contributed by atoms with E-state index in [9.17, 15) is 19.5 Å². The molecule has 10 nitrogen and oxygen atoms in total. The van der Waals surface area contributed by atoms with E-state index < -0.39 is 30.1 Å². The number of aromatic nitrogens is 3. The van der Waals surface area contributed by atoms with Crippen molar-refractivity contribution in [1.29, 1.82) is 0 Å². The molecule has 2 heterocycles. The van der Waals surface area contributed by atoms with Crippen molar-refractivity contribution in [2.24, 2.45) is 0 Å². The van der Waals surface area contributed by atoms with Crippen molar-refractivity contribution in [2.75, 3.05) is 6.61 Å². The number of aliphatic carboxylic acids is 1. The van der Waals surface area contributed by atoms with Crippen LogP contribution in [0.1, 0.15) is 29.8 Å². The lowest BCUT2D eigenvalue weighted by Crippen LogP contribution is -2.56. The summed E-state index contributed by atoms with van der Waals surface area (Å²) in [6, 6.07) is 13.9. The molecule has 2 N–H and O–H groups in total. The Morgan fingerprint density at radius 3 is 2.41 bits per heavy atom. The maximum Gasteiger partial charge on any atom is 0.407 e. The highest BCUT2D eigenvalue weighted by atomic mass is 16.5.